The number of carbonyl (C=O) groups excluding carboxylic acids is 1. The Morgan fingerprint density at radius 1 is 0.620 bits per heavy atom. The predicted molar refractivity (Wildman–Crippen MR) is 210 cm³/mol. The highest BCUT2D eigenvalue weighted by atomic mass is 31.2. The van der Waals surface area contributed by atoms with E-state index in [1.807, 2.05) is 21.1 Å². The van der Waals surface area contributed by atoms with Gasteiger partial charge >= 0.3 is 0 Å². The lowest BCUT2D eigenvalue weighted by Crippen LogP contribution is -2.46. The summed E-state index contributed by atoms with van der Waals surface area (Å²) in [6, 6.07) is -0.791. The average Bonchev–Trinajstić information content (AvgIpc) is 3.06. The van der Waals surface area contributed by atoms with E-state index < -0.39 is 20.0 Å². The van der Waals surface area contributed by atoms with Gasteiger partial charge in [-0.3, -0.25) is 9.36 Å². The van der Waals surface area contributed by atoms with Crippen LogP contribution in [-0.2, 0) is 18.4 Å². The molecule has 300 valence electrons. The molecular weight excluding hydrogens is 647 g/mol. The van der Waals surface area contributed by atoms with Crippen LogP contribution in [0.1, 0.15) is 206 Å². The SMILES string of the molecule is CCCCCCCCCCCCCCCCCCC(=O)NC(COP(=O)([O-])OCC[N+](C)(C)C)C(O)CCCCCCCCCCCCCC. The summed E-state index contributed by atoms with van der Waals surface area (Å²) in [5, 5.41) is 13.9. The zero-order valence-corrected chi connectivity index (χ0v) is 34.8. The minimum Gasteiger partial charge on any atom is -0.756 e. The van der Waals surface area contributed by atoms with Crippen molar-refractivity contribution in [1.29, 1.82) is 0 Å². The first-order chi connectivity index (χ1) is 24.0. The summed E-state index contributed by atoms with van der Waals surface area (Å²) < 4.78 is 23.2. The van der Waals surface area contributed by atoms with E-state index in [1.165, 1.54) is 141 Å². The van der Waals surface area contributed by atoms with Crippen LogP contribution in [0.4, 0.5) is 0 Å². The number of hydrogen-bond acceptors (Lipinski definition) is 6. The van der Waals surface area contributed by atoms with Crippen molar-refractivity contribution >= 4 is 13.7 Å². The number of phosphoric ester groups is 1. The number of unbranched alkanes of at least 4 members (excludes halogenated alkanes) is 26. The highest BCUT2D eigenvalue weighted by Gasteiger charge is 2.24. The van der Waals surface area contributed by atoms with Crippen LogP contribution in [0.2, 0.25) is 0 Å². The lowest BCUT2D eigenvalue weighted by molar-refractivity contribution is -0.870. The van der Waals surface area contributed by atoms with Gasteiger partial charge < -0.3 is 28.8 Å². The molecule has 0 rings (SSSR count). The van der Waals surface area contributed by atoms with Crippen LogP contribution in [-0.4, -0.2) is 68.5 Å². The highest BCUT2D eigenvalue weighted by Crippen LogP contribution is 2.38. The van der Waals surface area contributed by atoms with Gasteiger partial charge in [-0.1, -0.05) is 187 Å². The van der Waals surface area contributed by atoms with Gasteiger partial charge in [0.1, 0.15) is 13.2 Å². The van der Waals surface area contributed by atoms with Crippen molar-refractivity contribution in [3.63, 3.8) is 0 Å². The third-order valence-electron chi connectivity index (χ3n) is 9.85. The van der Waals surface area contributed by atoms with Gasteiger partial charge in [-0.05, 0) is 12.8 Å². The lowest BCUT2D eigenvalue weighted by atomic mass is 10.0. The molecule has 0 bridgehead atoms. The van der Waals surface area contributed by atoms with E-state index >= 15 is 0 Å². The monoisotopic (exact) mass is 733 g/mol. The molecule has 0 aliphatic carbocycles. The largest absolute Gasteiger partial charge is 0.756 e. The average molecular weight is 733 g/mol. The normalized spacial score (nSPS) is 14.5. The maximum atomic E-state index is 12.8. The summed E-state index contributed by atoms with van der Waals surface area (Å²) >= 11 is 0. The fraction of sp³-hybridized carbons (Fsp3) is 0.976. The van der Waals surface area contributed by atoms with Gasteiger partial charge in [-0.25, -0.2) is 0 Å². The molecule has 9 heteroatoms. The molecule has 0 radical (unpaired) electrons. The summed E-state index contributed by atoms with van der Waals surface area (Å²) in [6.45, 7) is 4.72. The van der Waals surface area contributed by atoms with E-state index in [4.69, 9.17) is 9.05 Å². The second kappa shape index (κ2) is 34.3. The molecule has 3 atom stereocenters. The Balaban J connectivity index is 4.34. The van der Waals surface area contributed by atoms with Gasteiger partial charge in [0.2, 0.25) is 5.91 Å². The molecule has 0 heterocycles. The van der Waals surface area contributed by atoms with Gasteiger partial charge in [0.15, 0.2) is 0 Å². The molecule has 0 saturated heterocycles. The Bertz CT molecular complexity index is 794. The molecule has 1 amide bonds. The quantitative estimate of drug-likeness (QED) is 0.0370. The molecule has 3 unspecified atom stereocenters. The van der Waals surface area contributed by atoms with Crippen LogP contribution >= 0.6 is 7.82 Å². The van der Waals surface area contributed by atoms with Crippen LogP contribution in [0.25, 0.3) is 0 Å². The highest BCUT2D eigenvalue weighted by molar-refractivity contribution is 7.45. The molecule has 8 nitrogen and oxygen atoms in total. The number of aliphatic hydroxyl groups excluding tert-OH is 1. The number of nitrogens with zero attached hydrogens (tertiary/aromatic N) is 1. The summed E-state index contributed by atoms with van der Waals surface area (Å²) in [7, 11) is 1.31. The molecule has 0 fully saturated rings. The van der Waals surface area contributed by atoms with E-state index in [-0.39, 0.29) is 19.1 Å². The molecule has 0 aliphatic rings. The van der Waals surface area contributed by atoms with Crippen molar-refractivity contribution in [3.8, 4) is 0 Å². The Kier molecular flexibility index (Phi) is 33.9. The van der Waals surface area contributed by atoms with Crippen LogP contribution < -0.4 is 10.2 Å². The van der Waals surface area contributed by atoms with Crippen molar-refractivity contribution in [2.24, 2.45) is 0 Å². The maximum Gasteiger partial charge on any atom is 0.268 e. The minimum absolute atomic E-state index is 0.0158. The van der Waals surface area contributed by atoms with E-state index in [2.05, 4.69) is 19.2 Å². The van der Waals surface area contributed by atoms with Gasteiger partial charge in [0.25, 0.3) is 7.82 Å². The lowest BCUT2D eigenvalue weighted by Gasteiger charge is -2.30. The third kappa shape index (κ3) is 35.9. The zero-order valence-electron chi connectivity index (χ0n) is 33.9. The summed E-state index contributed by atoms with van der Waals surface area (Å²) in [6.07, 6.45) is 35.2. The standard InChI is InChI=1S/C41H85N2O6P/c1-6-8-10-12-14-16-18-20-21-22-23-25-27-29-31-33-35-41(45)42-39(38-49-50(46,47)48-37-36-43(3,4)5)40(44)34-32-30-28-26-24-19-17-15-13-11-9-7-2/h39-40,44H,6-38H2,1-5H3,(H-,42,45,46,47). The molecule has 50 heavy (non-hydrogen) atoms. The number of phosphoric acid groups is 1. The van der Waals surface area contributed by atoms with Gasteiger partial charge in [-0.2, -0.15) is 0 Å². The fourth-order valence-corrected chi connectivity index (χ4v) is 7.12. The zero-order chi connectivity index (χ0) is 37.2. The first-order valence-electron chi connectivity index (χ1n) is 21.4. The van der Waals surface area contributed by atoms with Crippen molar-refractivity contribution < 1.29 is 32.9 Å². The van der Waals surface area contributed by atoms with Crippen molar-refractivity contribution in [2.45, 2.75) is 219 Å². The molecule has 0 aromatic carbocycles. The molecule has 0 aliphatic heterocycles. The first-order valence-corrected chi connectivity index (χ1v) is 22.8. The molecule has 0 saturated carbocycles. The number of nitrogens with one attached hydrogen (secondary N) is 1. The Hall–Kier alpha value is -0.500. The summed E-state index contributed by atoms with van der Waals surface area (Å²) in [5.41, 5.74) is 0. The van der Waals surface area contributed by atoms with E-state index in [0.717, 1.165) is 38.5 Å². The molecular formula is C41H85N2O6P. The van der Waals surface area contributed by atoms with Gasteiger partial charge in [0.05, 0.1) is 39.9 Å². The van der Waals surface area contributed by atoms with Crippen LogP contribution in [0.15, 0.2) is 0 Å². The van der Waals surface area contributed by atoms with Crippen LogP contribution in [0.3, 0.4) is 0 Å². The van der Waals surface area contributed by atoms with Crippen LogP contribution in [0, 0.1) is 0 Å². The minimum atomic E-state index is -4.55. The smallest absolute Gasteiger partial charge is 0.268 e. The number of aliphatic hydroxyl groups is 1. The number of carbonyl (C=O) groups is 1. The van der Waals surface area contributed by atoms with Gasteiger partial charge in [0, 0.05) is 6.42 Å². The number of amides is 1. The predicted octanol–water partition coefficient (Wildman–Crippen LogP) is 10.8. The Morgan fingerprint density at radius 3 is 1.36 bits per heavy atom. The van der Waals surface area contributed by atoms with Crippen molar-refractivity contribution in [2.75, 3.05) is 40.9 Å². The summed E-state index contributed by atoms with van der Waals surface area (Å²) in [5.74, 6) is -0.163. The van der Waals surface area contributed by atoms with E-state index in [1.54, 1.807) is 0 Å². The fourth-order valence-electron chi connectivity index (χ4n) is 6.39. The second-order valence-electron chi connectivity index (χ2n) is 16.1. The van der Waals surface area contributed by atoms with Crippen LogP contribution in [0.5, 0.6) is 0 Å². The number of rotatable bonds is 39. The molecule has 2 N–H and O–H groups in total. The van der Waals surface area contributed by atoms with E-state index in [9.17, 15) is 19.4 Å². The molecule has 0 aromatic heterocycles. The Labute approximate surface area is 310 Å². The van der Waals surface area contributed by atoms with Gasteiger partial charge in [-0.15, -0.1) is 0 Å². The first kappa shape index (κ1) is 49.5. The number of quaternary nitrogens is 1. The second-order valence-corrected chi connectivity index (χ2v) is 17.5. The Morgan fingerprint density at radius 2 is 0.980 bits per heavy atom. The summed E-state index contributed by atoms with van der Waals surface area (Å²) in [4.78, 5) is 25.3. The third-order valence-corrected chi connectivity index (χ3v) is 10.8. The van der Waals surface area contributed by atoms with Crippen molar-refractivity contribution in [1.82, 2.24) is 5.32 Å². The maximum absolute atomic E-state index is 12.8. The topological polar surface area (TPSA) is 108 Å². The molecule has 0 spiro atoms. The van der Waals surface area contributed by atoms with E-state index in [0.29, 0.717) is 23.9 Å². The molecule has 0 aromatic rings. The van der Waals surface area contributed by atoms with Crippen molar-refractivity contribution in [3.05, 3.63) is 0 Å². The number of likely N-dealkylation sites (N-methyl/N-ethyl adjacent to an activating group) is 1. The number of hydrogen-bond donors (Lipinski definition) is 2.